The fourth-order valence-electron chi connectivity index (χ4n) is 3.68. The van der Waals surface area contributed by atoms with E-state index in [0.29, 0.717) is 19.7 Å². The molecule has 1 aromatic heterocycles. The minimum atomic E-state index is 0. The number of nitrogens with one attached hydrogen (secondary N) is 1. The fraction of sp³-hybridized carbons (Fsp3) is 0.591. The van der Waals surface area contributed by atoms with Crippen molar-refractivity contribution in [2.75, 3.05) is 26.7 Å². The minimum absolute atomic E-state index is 0. The van der Waals surface area contributed by atoms with Crippen molar-refractivity contribution in [3.05, 3.63) is 46.1 Å². The summed E-state index contributed by atoms with van der Waals surface area (Å²) in [6, 6.07) is 8.16. The summed E-state index contributed by atoms with van der Waals surface area (Å²) in [4.78, 5) is 19.3. The average molecular weight is 542 g/mol. The molecule has 172 valence electrons. The van der Waals surface area contributed by atoms with Crippen LogP contribution in [0.5, 0.6) is 5.75 Å². The molecule has 2 aromatic rings. The van der Waals surface area contributed by atoms with E-state index in [1.165, 1.54) is 5.56 Å². The first-order valence-electron chi connectivity index (χ1n) is 11.0. The number of benzene rings is 1. The molecule has 0 saturated carbocycles. The van der Waals surface area contributed by atoms with Crippen molar-refractivity contribution in [3.63, 3.8) is 0 Å². The number of hydrogen-bond acceptors (Lipinski definition) is 4. The van der Waals surface area contributed by atoms with Gasteiger partial charge in [-0.2, -0.15) is 5.10 Å². The molecule has 1 N–H and O–H groups in total. The van der Waals surface area contributed by atoms with Gasteiger partial charge in [0.25, 0.3) is 0 Å². The Morgan fingerprint density at radius 1 is 1.26 bits per heavy atom. The zero-order valence-electron chi connectivity index (χ0n) is 18.8. The van der Waals surface area contributed by atoms with E-state index in [1.807, 2.05) is 30.7 Å². The van der Waals surface area contributed by atoms with Crippen molar-refractivity contribution in [3.8, 4) is 5.75 Å². The van der Waals surface area contributed by atoms with Crippen LogP contribution >= 0.6 is 24.0 Å². The highest BCUT2D eigenvalue weighted by atomic mass is 127. The maximum atomic E-state index is 12.4. The molecule has 0 saturated heterocycles. The summed E-state index contributed by atoms with van der Waals surface area (Å²) in [6.45, 7) is 8.32. The molecule has 0 fully saturated rings. The van der Waals surface area contributed by atoms with E-state index in [-0.39, 0.29) is 29.7 Å². The fourth-order valence-corrected chi connectivity index (χ4v) is 3.68. The molecule has 2 heterocycles. The molecule has 9 heteroatoms. The highest BCUT2D eigenvalue weighted by molar-refractivity contribution is 14.0. The number of aromatic nitrogens is 3. The maximum Gasteiger partial charge on any atom is 0.345 e. The summed E-state index contributed by atoms with van der Waals surface area (Å²) in [5.74, 6) is 2.68. The van der Waals surface area contributed by atoms with Gasteiger partial charge in [-0.05, 0) is 50.8 Å². The lowest BCUT2D eigenvalue weighted by Gasteiger charge is -2.22. The summed E-state index contributed by atoms with van der Waals surface area (Å²) in [6.07, 6.45) is 3.87. The zero-order chi connectivity index (χ0) is 21.3. The Morgan fingerprint density at radius 3 is 2.71 bits per heavy atom. The molecule has 31 heavy (non-hydrogen) atoms. The maximum absolute atomic E-state index is 12.4. The third-order valence-corrected chi connectivity index (χ3v) is 5.17. The van der Waals surface area contributed by atoms with Gasteiger partial charge in [-0.25, -0.2) is 9.48 Å². The number of ether oxygens (including phenoxy) is 1. The Hall–Kier alpha value is -2.04. The van der Waals surface area contributed by atoms with E-state index in [4.69, 9.17) is 9.73 Å². The van der Waals surface area contributed by atoms with E-state index >= 15 is 0 Å². The van der Waals surface area contributed by atoms with E-state index < -0.39 is 0 Å². The Morgan fingerprint density at radius 2 is 2.03 bits per heavy atom. The van der Waals surface area contributed by atoms with E-state index in [9.17, 15) is 4.79 Å². The quantitative estimate of drug-likeness (QED) is 0.228. The normalized spacial score (nSPS) is 13.3. The Labute approximate surface area is 201 Å². The molecular weight excluding hydrogens is 507 g/mol. The second kappa shape index (κ2) is 12.7. The number of guanidine groups is 1. The van der Waals surface area contributed by atoms with Crippen LogP contribution < -0.4 is 15.7 Å². The number of hydrogen-bond donors (Lipinski definition) is 1. The molecule has 1 aliphatic rings. The van der Waals surface area contributed by atoms with Crippen LogP contribution in [0.25, 0.3) is 0 Å². The number of aliphatic imine (C=N–C) groups is 1. The van der Waals surface area contributed by atoms with Gasteiger partial charge in [0.15, 0.2) is 5.96 Å². The number of halogens is 1. The average Bonchev–Trinajstić information content (AvgIpc) is 3.07. The molecule has 8 nitrogen and oxygen atoms in total. The molecule has 0 radical (unpaired) electrons. The van der Waals surface area contributed by atoms with Gasteiger partial charge in [-0.15, -0.1) is 24.0 Å². The summed E-state index contributed by atoms with van der Waals surface area (Å²) >= 11 is 0. The van der Waals surface area contributed by atoms with Gasteiger partial charge in [-0.3, -0.25) is 9.56 Å². The van der Waals surface area contributed by atoms with Crippen molar-refractivity contribution in [2.24, 2.45) is 4.99 Å². The molecule has 3 rings (SSSR count). The molecule has 0 aliphatic carbocycles. The van der Waals surface area contributed by atoms with Crippen LogP contribution in [0.3, 0.4) is 0 Å². The highest BCUT2D eigenvalue weighted by Gasteiger charge is 2.16. The Kier molecular flexibility index (Phi) is 10.4. The van der Waals surface area contributed by atoms with Crippen molar-refractivity contribution in [1.29, 1.82) is 0 Å². The van der Waals surface area contributed by atoms with Gasteiger partial charge in [0.1, 0.15) is 11.6 Å². The predicted molar refractivity (Wildman–Crippen MR) is 135 cm³/mol. The Balaban J connectivity index is 0.00000341. The third kappa shape index (κ3) is 6.98. The smallest absolute Gasteiger partial charge is 0.345 e. The zero-order valence-corrected chi connectivity index (χ0v) is 21.2. The number of fused-ring (bicyclic) bond motifs is 1. The van der Waals surface area contributed by atoms with Crippen LogP contribution in [0.2, 0.25) is 0 Å². The van der Waals surface area contributed by atoms with Gasteiger partial charge >= 0.3 is 5.69 Å². The van der Waals surface area contributed by atoms with Crippen LogP contribution in [0.1, 0.15) is 44.5 Å². The van der Waals surface area contributed by atoms with Gasteiger partial charge in [-0.1, -0.05) is 12.1 Å². The highest BCUT2D eigenvalue weighted by Crippen LogP contribution is 2.13. The number of nitrogens with zero attached hydrogens (tertiary/aromatic N) is 5. The van der Waals surface area contributed by atoms with Crippen molar-refractivity contribution < 1.29 is 4.74 Å². The van der Waals surface area contributed by atoms with E-state index in [1.54, 1.807) is 4.68 Å². The van der Waals surface area contributed by atoms with Crippen molar-refractivity contribution >= 4 is 29.9 Å². The molecular formula is C22H35IN6O2. The molecule has 0 spiro atoms. The van der Waals surface area contributed by atoms with Crippen molar-refractivity contribution in [1.82, 2.24) is 24.6 Å². The van der Waals surface area contributed by atoms with Crippen LogP contribution in [0.15, 0.2) is 34.1 Å². The predicted octanol–water partition coefficient (Wildman–Crippen LogP) is 2.89. The molecule has 0 bridgehead atoms. The summed E-state index contributed by atoms with van der Waals surface area (Å²) in [5, 5.41) is 7.84. The number of rotatable bonds is 9. The van der Waals surface area contributed by atoms with Gasteiger partial charge in [0, 0.05) is 46.2 Å². The van der Waals surface area contributed by atoms with Crippen LogP contribution in [-0.4, -0.2) is 52.0 Å². The van der Waals surface area contributed by atoms with Crippen LogP contribution in [-0.2, 0) is 26.1 Å². The summed E-state index contributed by atoms with van der Waals surface area (Å²) < 4.78 is 8.93. The SMILES string of the molecule is CCNC(=NCCCn1nc2n(c1=O)CCCC2)N(C)Cc1ccc(OCC)cc1.I. The number of aryl methyl sites for hydroxylation is 2. The summed E-state index contributed by atoms with van der Waals surface area (Å²) in [5.41, 5.74) is 1.22. The first-order valence-corrected chi connectivity index (χ1v) is 11.0. The molecule has 0 unspecified atom stereocenters. The Bertz CT molecular complexity index is 890. The largest absolute Gasteiger partial charge is 0.494 e. The second-order valence-electron chi connectivity index (χ2n) is 7.55. The first kappa shape index (κ1) is 25.2. The minimum Gasteiger partial charge on any atom is -0.494 e. The van der Waals surface area contributed by atoms with E-state index in [0.717, 1.165) is 62.9 Å². The molecule has 1 aliphatic heterocycles. The monoisotopic (exact) mass is 542 g/mol. The third-order valence-electron chi connectivity index (χ3n) is 5.17. The van der Waals surface area contributed by atoms with Gasteiger partial charge in [0.2, 0.25) is 0 Å². The molecule has 0 amide bonds. The second-order valence-corrected chi connectivity index (χ2v) is 7.55. The lowest BCUT2D eigenvalue weighted by molar-refractivity contribution is 0.340. The van der Waals surface area contributed by atoms with Gasteiger partial charge in [0.05, 0.1) is 6.61 Å². The van der Waals surface area contributed by atoms with Crippen LogP contribution in [0.4, 0.5) is 0 Å². The molecule has 1 aromatic carbocycles. The lowest BCUT2D eigenvalue weighted by Crippen LogP contribution is -2.38. The van der Waals surface area contributed by atoms with Crippen molar-refractivity contribution in [2.45, 2.75) is 59.2 Å². The molecule has 0 atom stereocenters. The van der Waals surface area contributed by atoms with Crippen LogP contribution in [0, 0.1) is 0 Å². The van der Waals surface area contributed by atoms with E-state index in [2.05, 4.69) is 34.4 Å². The topological polar surface area (TPSA) is 76.7 Å². The first-order chi connectivity index (χ1) is 14.6. The van der Waals surface area contributed by atoms with Gasteiger partial charge < -0.3 is 15.0 Å². The summed E-state index contributed by atoms with van der Waals surface area (Å²) in [7, 11) is 2.03. The standard InChI is InChI=1S/C22H34N6O2.HI/c1-4-23-21(26(3)17-18-10-12-19(13-11-18)30-5-2)24-14-8-16-28-22(29)27-15-7-6-9-20(27)25-28;/h10-13H,4-9,14-17H2,1-3H3,(H,23,24);1H. The lowest BCUT2D eigenvalue weighted by atomic mass is 10.2.